The summed E-state index contributed by atoms with van der Waals surface area (Å²) in [5.74, 6) is 0.610. The van der Waals surface area contributed by atoms with E-state index in [2.05, 4.69) is 17.1 Å². The van der Waals surface area contributed by atoms with Crippen molar-refractivity contribution in [2.24, 2.45) is 5.92 Å². The number of aryl methyl sites for hydroxylation is 1. The summed E-state index contributed by atoms with van der Waals surface area (Å²) >= 11 is 0. The topological polar surface area (TPSA) is 45.9 Å². The first kappa shape index (κ1) is 10.1. The highest BCUT2D eigenvalue weighted by atomic mass is 16.5. The fourth-order valence-corrected chi connectivity index (χ4v) is 1.99. The van der Waals surface area contributed by atoms with Crippen molar-refractivity contribution in [3.05, 3.63) is 29.1 Å². The Morgan fingerprint density at radius 1 is 1.60 bits per heavy atom. The van der Waals surface area contributed by atoms with Gasteiger partial charge in [0.2, 0.25) is 0 Å². The van der Waals surface area contributed by atoms with Gasteiger partial charge in [0.15, 0.2) is 0 Å². The molecule has 0 aromatic carbocycles. The fraction of sp³-hybridized carbons (Fsp3) is 0.500. The molecule has 0 bridgehead atoms. The normalized spacial score (nSPS) is 20.1. The van der Waals surface area contributed by atoms with E-state index in [4.69, 9.17) is 10.00 Å². The average molecular weight is 202 g/mol. The summed E-state index contributed by atoms with van der Waals surface area (Å²) in [4.78, 5) is 4.13. The Hall–Kier alpha value is -1.40. The molecule has 1 fully saturated rings. The maximum atomic E-state index is 8.81. The molecule has 0 spiro atoms. The van der Waals surface area contributed by atoms with E-state index >= 15 is 0 Å². The summed E-state index contributed by atoms with van der Waals surface area (Å²) in [5, 5.41) is 8.81. The molecule has 1 aliphatic rings. The molecule has 1 atom stereocenters. The van der Waals surface area contributed by atoms with E-state index in [-0.39, 0.29) is 0 Å². The van der Waals surface area contributed by atoms with Crippen LogP contribution in [0, 0.1) is 24.2 Å². The number of pyridine rings is 1. The van der Waals surface area contributed by atoms with Gasteiger partial charge in [-0.05, 0) is 43.4 Å². The van der Waals surface area contributed by atoms with Crippen molar-refractivity contribution >= 4 is 0 Å². The highest BCUT2D eigenvalue weighted by Gasteiger charge is 2.16. The second kappa shape index (κ2) is 4.41. The number of aromatic nitrogens is 1. The molecule has 3 heteroatoms. The first-order chi connectivity index (χ1) is 7.28. The van der Waals surface area contributed by atoms with Gasteiger partial charge in [-0.1, -0.05) is 0 Å². The van der Waals surface area contributed by atoms with Crippen LogP contribution in [0.2, 0.25) is 0 Å². The van der Waals surface area contributed by atoms with E-state index in [1.165, 1.54) is 5.56 Å². The third-order valence-corrected chi connectivity index (χ3v) is 2.68. The molecular formula is C12H14N2O. The van der Waals surface area contributed by atoms with E-state index in [1.54, 1.807) is 0 Å². The molecule has 1 unspecified atom stereocenters. The highest BCUT2D eigenvalue weighted by Crippen LogP contribution is 2.18. The van der Waals surface area contributed by atoms with Crippen LogP contribution in [0.4, 0.5) is 0 Å². The molecule has 0 aliphatic carbocycles. The molecule has 2 rings (SSSR count). The number of hydrogen-bond donors (Lipinski definition) is 0. The minimum Gasteiger partial charge on any atom is -0.381 e. The third-order valence-electron chi connectivity index (χ3n) is 2.68. The van der Waals surface area contributed by atoms with Crippen LogP contribution in [0.5, 0.6) is 0 Å². The van der Waals surface area contributed by atoms with Crippen LogP contribution >= 0.6 is 0 Å². The summed E-state index contributed by atoms with van der Waals surface area (Å²) in [6, 6.07) is 6.03. The van der Waals surface area contributed by atoms with E-state index in [0.717, 1.165) is 31.7 Å². The zero-order valence-electron chi connectivity index (χ0n) is 8.86. The molecule has 1 aliphatic heterocycles. The van der Waals surface area contributed by atoms with Gasteiger partial charge in [0.1, 0.15) is 11.8 Å². The Kier molecular flexibility index (Phi) is 2.98. The molecule has 2 heterocycles. The van der Waals surface area contributed by atoms with Gasteiger partial charge in [0, 0.05) is 18.9 Å². The summed E-state index contributed by atoms with van der Waals surface area (Å²) < 4.78 is 5.34. The average Bonchev–Trinajstić information content (AvgIpc) is 2.69. The van der Waals surface area contributed by atoms with Gasteiger partial charge in [-0.25, -0.2) is 4.98 Å². The van der Waals surface area contributed by atoms with Crippen LogP contribution in [0.3, 0.4) is 0 Å². The van der Waals surface area contributed by atoms with Gasteiger partial charge < -0.3 is 4.74 Å². The minimum atomic E-state index is 0.518. The van der Waals surface area contributed by atoms with Gasteiger partial charge >= 0.3 is 0 Å². The van der Waals surface area contributed by atoms with Crippen molar-refractivity contribution in [1.29, 1.82) is 5.26 Å². The lowest BCUT2D eigenvalue weighted by molar-refractivity contribution is 0.186. The largest absolute Gasteiger partial charge is 0.381 e. The summed E-state index contributed by atoms with van der Waals surface area (Å²) in [5.41, 5.74) is 2.64. The Balaban J connectivity index is 2.13. The highest BCUT2D eigenvalue weighted by molar-refractivity contribution is 5.28. The van der Waals surface area contributed by atoms with Gasteiger partial charge in [-0.15, -0.1) is 0 Å². The van der Waals surface area contributed by atoms with Gasteiger partial charge in [-0.3, -0.25) is 0 Å². The minimum absolute atomic E-state index is 0.518. The summed E-state index contributed by atoms with van der Waals surface area (Å²) in [6.45, 7) is 3.65. The first-order valence-electron chi connectivity index (χ1n) is 5.23. The van der Waals surface area contributed by atoms with Crippen molar-refractivity contribution in [2.45, 2.75) is 19.8 Å². The van der Waals surface area contributed by atoms with Crippen molar-refractivity contribution in [2.75, 3.05) is 13.2 Å². The molecule has 1 aromatic heterocycles. The van der Waals surface area contributed by atoms with Crippen molar-refractivity contribution in [1.82, 2.24) is 4.98 Å². The molecular weight excluding hydrogens is 188 g/mol. The van der Waals surface area contributed by atoms with E-state index in [1.807, 2.05) is 13.0 Å². The number of hydrogen-bond acceptors (Lipinski definition) is 3. The maximum absolute atomic E-state index is 8.81. The second-order valence-electron chi connectivity index (χ2n) is 4.05. The lowest BCUT2D eigenvalue weighted by Crippen LogP contribution is -2.04. The van der Waals surface area contributed by atoms with E-state index in [9.17, 15) is 0 Å². The van der Waals surface area contributed by atoms with E-state index in [0.29, 0.717) is 11.6 Å². The SMILES string of the molecule is Cc1cc(CC2CCOC2)cc(C#N)n1. The molecule has 78 valence electrons. The molecule has 0 amide bonds. The molecule has 0 saturated carbocycles. The fourth-order valence-electron chi connectivity index (χ4n) is 1.99. The van der Waals surface area contributed by atoms with Crippen LogP contribution in [0.25, 0.3) is 0 Å². The molecule has 1 saturated heterocycles. The molecule has 1 aromatic rings. The van der Waals surface area contributed by atoms with Crippen LogP contribution in [-0.4, -0.2) is 18.2 Å². The number of nitriles is 1. The zero-order chi connectivity index (χ0) is 10.7. The van der Waals surface area contributed by atoms with Gasteiger partial charge in [-0.2, -0.15) is 5.26 Å². The summed E-state index contributed by atoms with van der Waals surface area (Å²) in [6.07, 6.45) is 2.13. The summed E-state index contributed by atoms with van der Waals surface area (Å²) in [7, 11) is 0. The monoisotopic (exact) mass is 202 g/mol. The number of ether oxygens (including phenoxy) is 1. The smallest absolute Gasteiger partial charge is 0.141 e. The van der Waals surface area contributed by atoms with Crippen LogP contribution in [0.1, 0.15) is 23.4 Å². The lowest BCUT2D eigenvalue weighted by Gasteiger charge is -2.08. The van der Waals surface area contributed by atoms with Gasteiger partial charge in [0.25, 0.3) is 0 Å². The quantitative estimate of drug-likeness (QED) is 0.735. The molecule has 0 N–H and O–H groups in total. The first-order valence-corrected chi connectivity index (χ1v) is 5.23. The Labute approximate surface area is 89.7 Å². The second-order valence-corrected chi connectivity index (χ2v) is 4.05. The van der Waals surface area contributed by atoms with Crippen molar-refractivity contribution in [3.63, 3.8) is 0 Å². The van der Waals surface area contributed by atoms with Crippen LogP contribution in [0.15, 0.2) is 12.1 Å². The Morgan fingerprint density at radius 2 is 2.47 bits per heavy atom. The van der Waals surface area contributed by atoms with Crippen LogP contribution < -0.4 is 0 Å². The van der Waals surface area contributed by atoms with Crippen molar-refractivity contribution in [3.8, 4) is 6.07 Å². The van der Waals surface area contributed by atoms with Crippen LogP contribution in [-0.2, 0) is 11.2 Å². The lowest BCUT2D eigenvalue weighted by atomic mass is 9.98. The zero-order valence-corrected chi connectivity index (χ0v) is 8.86. The molecule has 0 radical (unpaired) electrons. The van der Waals surface area contributed by atoms with E-state index < -0.39 is 0 Å². The van der Waals surface area contributed by atoms with Crippen molar-refractivity contribution < 1.29 is 4.74 Å². The predicted molar refractivity (Wildman–Crippen MR) is 56.3 cm³/mol. The number of nitrogens with zero attached hydrogens (tertiary/aromatic N) is 2. The Bertz CT molecular complexity index is 389. The molecule has 3 nitrogen and oxygen atoms in total. The molecule has 15 heavy (non-hydrogen) atoms. The standard InChI is InChI=1S/C12H14N2O/c1-9-4-11(6-12(7-13)14-9)5-10-2-3-15-8-10/h4,6,10H,2-3,5,8H2,1H3. The maximum Gasteiger partial charge on any atom is 0.141 e. The predicted octanol–water partition coefficient (Wildman–Crippen LogP) is 1.84. The third kappa shape index (κ3) is 2.54. The Morgan fingerprint density at radius 3 is 3.13 bits per heavy atom. The van der Waals surface area contributed by atoms with Gasteiger partial charge in [0.05, 0.1) is 0 Å². The number of rotatable bonds is 2.